The van der Waals surface area contributed by atoms with Crippen molar-refractivity contribution >= 4 is 10.9 Å². The number of aromatic nitrogens is 1. The molecular formula is C15H20N2O. The smallest absolute Gasteiger partial charge is 0.130 e. The van der Waals surface area contributed by atoms with Crippen molar-refractivity contribution in [3.8, 4) is 5.75 Å². The van der Waals surface area contributed by atoms with E-state index in [1.54, 1.807) is 7.11 Å². The maximum absolute atomic E-state index is 6.11. The van der Waals surface area contributed by atoms with Crippen molar-refractivity contribution in [1.29, 1.82) is 0 Å². The monoisotopic (exact) mass is 244 g/mol. The summed E-state index contributed by atoms with van der Waals surface area (Å²) in [5.41, 5.74) is 8.99. The first-order valence-corrected chi connectivity index (χ1v) is 6.13. The van der Waals surface area contributed by atoms with Crippen LogP contribution in [-0.2, 0) is 6.42 Å². The molecule has 0 saturated carbocycles. The van der Waals surface area contributed by atoms with Gasteiger partial charge in [-0.15, -0.1) is 0 Å². The van der Waals surface area contributed by atoms with Crippen LogP contribution in [0.25, 0.3) is 10.9 Å². The van der Waals surface area contributed by atoms with Crippen LogP contribution in [0.5, 0.6) is 5.75 Å². The van der Waals surface area contributed by atoms with Crippen molar-refractivity contribution in [3.63, 3.8) is 0 Å². The van der Waals surface area contributed by atoms with Crippen LogP contribution >= 0.6 is 0 Å². The number of nitrogens with zero attached hydrogens (tertiary/aromatic N) is 1. The van der Waals surface area contributed by atoms with Crippen molar-refractivity contribution in [2.45, 2.75) is 32.7 Å². The molecule has 1 aromatic carbocycles. The van der Waals surface area contributed by atoms with E-state index in [0.717, 1.165) is 28.8 Å². The molecule has 2 rings (SSSR count). The molecule has 1 aromatic heterocycles. The molecule has 0 aliphatic rings. The second-order valence-corrected chi connectivity index (χ2v) is 5.44. The number of hydrogen-bond donors (Lipinski definition) is 1. The topological polar surface area (TPSA) is 48.1 Å². The highest BCUT2D eigenvalue weighted by Crippen LogP contribution is 2.28. The molecule has 1 heterocycles. The van der Waals surface area contributed by atoms with Crippen LogP contribution in [0.3, 0.4) is 0 Å². The largest absolute Gasteiger partial charge is 0.496 e. The Balaban J connectivity index is 2.65. The second-order valence-electron chi connectivity index (χ2n) is 5.44. The Labute approximate surface area is 108 Å². The average molecular weight is 244 g/mol. The minimum absolute atomic E-state index is 0.243. The zero-order valence-electron chi connectivity index (χ0n) is 11.4. The van der Waals surface area contributed by atoms with Crippen LogP contribution in [0.15, 0.2) is 24.3 Å². The third-order valence-electron chi connectivity index (χ3n) is 2.88. The number of aryl methyl sites for hydroxylation is 1. The van der Waals surface area contributed by atoms with Crippen LogP contribution in [0.1, 0.15) is 25.1 Å². The molecule has 0 unspecified atom stereocenters. The van der Waals surface area contributed by atoms with Crippen molar-refractivity contribution < 1.29 is 4.74 Å². The second kappa shape index (κ2) is 4.58. The molecule has 96 valence electrons. The first kappa shape index (κ1) is 12.8. The van der Waals surface area contributed by atoms with Gasteiger partial charge in [0.05, 0.1) is 12.6 Å². The lowest BCUT2D eigenvalue weighted by molar-refractivity contribution is 0.419. The third kappa shape index (κ3) is 2.62. The van der Waals surface area contributed by atoms with E-state index in [4.69, 9.17) is 10.5 Å². The summed E-state index contributed by atoms with van der Waals surface area (Å²) >= 11 is 0. The first-order valence-electron chi connectivity index (χ1n) is 6.13. The van der Waals surface area contributed by atoms with Crippen molar-refractivity contribution in [1.82, 2.24) is 4.98 Å². The number of hydrogen-bond acceptors (Lipinski definition) is 3. The van der Waals surface area contributed by atoms with Crippen LogP contribution in [0.4, 0.5) is 0 Å². The summed E-state index contributed by atoms with van der Waals surface area (Å²) < 4.78 is 5.42. The van der Waals surface area contributed by atoms with E-state index in [1.807, 2.05) is 39.0 Å². The summed E-state index contributed by atoms with van der Waals surface area (Å²) in [6, 6.07) is 8.11. The molecule has 2 aromatic rings. The number of pyridine rings is 1. The number of para-hydroxylation sites is 1. The lowest BCUT2D eigenvalue weighted by Gasteiger charge is -2.19. The van der Waals surface area contributed by atoms with E-state index >= 15 is 0 Å². The quantitative estimate of drug-likeness (QED) is 0.903. The minimum atomic E-state index is -0.243. The molecule has 18 heavy (non-hydrogen) atoms. The number of ether oxygens (including phenoxy) is 1. The maximum atomic E-state index is 6.11. The van der Waals surface area contributed by atoms with E-state index in [-0.39, 0.29) is 5.54 Å². The van der Waals surface area contributed by atoms with Crippen molar-refractivity contribution in [3.05, 3.63) is 35.5 Å². The van der Waals surface area contributed by atoms with Crippen molar-refractivity contribution in [2.24, 2.45) is 5.73 Å². The fraction of sp³-hybridized carbons (Fsp3) is 0.400. The molecule has 0 fully saturated rings. The SMILES string of the molecule is COc1cc(C)nc2c(CC(C)(C)N)cccc12. The number of methoxy groups -OCH3 is 1. The lowest BCUT2D eigenvalue weighted by Crippen LogP contribution is -2.34. The highest BCUT2D eigenvalue weighted by atomic mass is 16.5. The standard InChI is InChI=1S/C15H20N2O/c1-10-8-13(18-4)12-7-5-6-11(14(12)17-10)9-15(2,3)16/h5-8H,9,16H2,1-4H3. The fourth-order valence-electron chi connectivity index (χ4n) is 2.20. The Morgan fingerprint density at radius 1 is 1.33 bits per heavy atom. The van der Waals surface area contributed by atoms with Gasteiger partial charge in [-0.05, 0) is 38.8 Å². The van der Waals surface area contributed by atoms with Gasteiger partial charge in [0, 0.05) is 22.7 Å². The molecule has 0 bridgehead atoms. The Bertz CT molecular complexity index is 570. The Morgan fingerprint density at radius 2 is 2.06 bits per heavy atom. The molecule has 2 N–H and O–H groups in total. The number of fused-ring (bicyclic) bond motifs is 1. The molecule has 3 heteroatoms. The van der Waals surface area contributed by atoms with Gasteiger partial charge in [0.15, 0.2) is 0 Å². The molecule has 0 aliphatic carbocycles. The molecule has 0 spiro atoms. The first-order chi connectivity index (χ1) is 8.40. The molecule has 0 atom stereocenters. The van der Waals surface area contributed by atoms with Gasteiger partial charge in [-0.2, -0.15) is 0 Å². The van der Waals surface area contributed by atoms with Crippen LogP contribution in [0, 0.1) is 6.92 Å². The van der Waals surface area contributed by atoms with Gasteiger partial charge in [-0.1, -0.05) is 12.1 Å². The van der Waals surface area contributed by atoms with Gasteiger partial charge < -0.3 is 10.5 Å². The summed E-state index contributed by atoms with van der Waals surface area (Å²) in [5.74, 6) is 0.870. The van der Waals surface area contributed by atoms with Gasteiger partial charge in [0.2, 0.25) is 0 Å². The highest BCUT2D eigenvalue weighted by molar-refractivity contribution is 5.88. The predicted molar refractivity (Wildman–Crippen MR) is 75.0 cm³/mol. The summed E-state index contributed by atoms with van der Waals surface area (Å²) in [6.45, 7) is 6.03. The van der Waals surface area contributed by atoms with E-state index in [0.29, 0.717) is 0 Å². The number of nitrogens with two attached hydrogens (primary N) is 1. The van der Waals surface area contributed by atoms with E-state index < -0.39 is 0 Å². The van der Waals surface area contributed by atoms with Crippen LogP contribution < -0.4 is 10.5 Å². The zero-order valence-corrected chi connectivity index (χ0v) is 11.4. The summed E-state index contributed by atoms with van der Waals surface area (Å²) in [5, 5.41) is 1.05. The molecule has 0 amide bonds. The van der Waals surface area contributed by atoms with E-state index in [1.165, 1.54) is 5.56 Å². The van der Waals surface area contributed by atoms with E-state index in [2.05, 4.69) is 11.1 Å². The summed E-state index contributed by atoms with van der Waals surface area (Å²) in [4.78, 5) is 4.63. The van der Waals surface area contributed by atoms with E-state index in [9.17, 15) is 0 Å². The Kier molecular flexibility index (Phi) is 3.26. The molecule has 0 radical (unpaired) electrons. The normalized spacial score (nSPS) is 11.8. The van der Waals surface area contributed by atoms with Crippen LogP contribution in [-0.4, -0.2) is 17.6 Å². The summed E-state index contributed by atoms with van der Waals surface area (Å²) in [6.07, 6.45) is 0.796. The highest BCUT2D eigenvalue weighted by Gasteiger charge is 2.15. The number of benzene rings is 1. The van der Waals surface area contributed by atoms with Gasteiger partial charge in [-0.25, -0.2) is 0 Å². The predicted octanol–water partition coefficient (Wildman–Crippen LogP) is 2.83. The van der Waals surface area contributed by atoms with Gasteiger partial charge in [0.25, 0.3) is 0 Å². The van der Waals surface area contributed by atoms with Crippen LogP contribution in [0.2, 0.25) is 0 Å². The zero-order chi connectivity index (χ0) is 13.3. The summed E-state index contributed by atoms with van der Waals surface area (Å²) in [7, 11) is 1.69. The lowest BCUT2D eigenvalue weighted by atomic mass is 9.94. The molecule has 0 aliphatic heterocycles. The van der Waals surface area contributed by atoms with Gasteiger partial charge in [0.1, 0.15) is 5.75 Å². The molecular weight excluding hydrogens is 224 g/mol. The molecule has 3 nitrogen and oxygen atoms in total. The molecule has 0 saturated heterocycles. The fourth-order valence-corrected chi connectivity index (χ4v) is 2.20. The van der Waals surface area contributed by atoms with Crippen molar-refractivity contribution in [2.75, 3.05) is 7.11 Å². The Morgan fingerprint density at radius 3 is 2.67 bits per heavy atom. The van der Waals surface area contributed by atoms with Gasteiger partial charge in [-0.3, -0.25) is 4.98 Å². The third-order valence-corrected chi connectivity index (χ3v) is 2.88. The van der Waals surface area contributed by atoms with Gasteiger partial charge >= 0.3 is 0 Å². The average Bonchev–Trinajstić information content (AvgIpc) is 2.27. The minimum Gasteiger partial charge on any atom is -0.496 e. The Hall–Kier alpha value is -1.61. The maximum Gasteiger partial charge on any atom is 0.130 e. The number of rotatable bonds is 3.